The summed E-state index contributed by atoms with van der Waals surface area (Å²) in [6, 6.07) is 0. The van der Waals surface area contributed by atoms with Gasteiger partial charge in [0.1, 0.15) is 0 Å². The van der Waals surface area contributed by atoms with E-state index >= 15 is 0 Å². The minimum absolute atomic E-state index is 0.868. The van der Waals surface area contributed by atoms with Crippen LogP contribution in [0.2, 0.25) is 0 Å². The number of piperazine rings is 1. The van der Waals surface area contributed by atoms with Crippen LogP contribution in [0.25, 0.3) is 0 Å². The second kappa shape index (κ2) is 10.1. The molecule has 1 rings (SSSR count). The summed E-state index contributed by atoms with van der Waals surface area (Å²) in [6.07, 6.45) is 2.76. The van der Waals surface area contributed by atoms with Crippen molar-refractivity contribution in [3.8, 4) is 0 Å². The van der Waals surface area contributed by atoms with E-state index in [1.807, 2.05) is 13.8 Å². The number of hydrogen-bond acceptors (Lipinski definition) is 2. The van der Waals surface area contributed by atoms with E-state index < -0.39 is 0 Å². The van der Waals surface area contributed by atoms with Gasteiger partial charge in [-0.05, 0) is 31.8 Å². The summed E-state index contributed by atoms with van der Waals surface area (Å²) < 4.78 is 0. The van der Waals surface area contributed by atoms with Gasteiger partial charge in [-0.3, -0.25) is 0 Å². The maximum atomic E-state index is 2.62. The lowest BCUT2D eigenvalue weighted by Gasteiger charge is -2.34. The van der Waals surface area contributed by atoms with E-state index in [0.717, 1.165) is 5.92 Å². The fourth-order valence-electron chi connectivity index (χ4n) is 2.05. The van der Waals surface area contributed by atoms with Crippen molar-refractivity contribution in [2.75, 3.05) is 39.3 Å². The van der Waals surface area contributed by atoms with Crippen LogP contribution in [-0.4, -0.2) is 49.1 Å². The minimum atomic E-state index is 0.868. The zero-order chi connectivity index (χ0) is 12.4. The topological polar surface area (TPSA) is 6.48 Å². The summed E-state index contributed by atoms with van der Waals surface area (Å²) in [5.41, 5.74) is 0. The van der Waals surface area contributed by atoms with Gasteiger partial charge in [-0.15, -0.1) is 0 Å². The average molecular weight is 228 g/mol. The zero-order valence-corrected chi connectivity index (χ0v) is 12.1. The fourth-order valence-corrected chi connectivity index (χ4v) is 2.05. The third-order valence-corrected chi connectivity index (χ3v) is 3.17. The van der Waals surface area contributed by atoms with Crippen LogP contribution in [0.4, 0.5) is 0 Å². The molecule has 0 aromatic carbocycles. The summed E-state index contributed by atoms with van der Waals surface area (Å²) in [4.78, 5) is 5.16. The molecule has 1 aliphatic heterocycles. The molecule has 2 nitrogen and oxygen atoms in total. The fraction of sp³-hybridized carbons (Fsp3) is 1.00. The molecule has 0 unspecified atom stereocenters. The first-order chi connectivity index (χ1) is 7.72. The van der Waals surface area contributed by atoms with Crippen LogP contribution in [0.15, 0.2) is 0 Å². The number of nitrogens with zero attached hydrogens (tertiary/aromatic N) is 2. The van der Waals surface area contributed by atoms with Crippen molar-refractivity contribution < 1.29 is 0 Å². The van der Waals surface area contributed by atoms with Gasteiger partial charge in [-0.2, -0.15) is 0 Å². The summed E-state index contributed by atoms with van der Waals surface area (Å²) in [5, 5.41) is 0. The normalized spacial score (nSPS) is 18.4. The van der Waals surface area contributed by atoms with E-state index in [9.17, 15) is 0 Å². The van der Waals surface area contributed by atoms with Gasteiger partial charge < -0.3 is 9.80 Å². The molecule has 98 valence electrons. The van der Waals surface area contributed by atoms with Gasteiger partial charge in [0.2, 0.25) is 0 Å². The minimum Gasteiger partial charge on any atom is -0.301 e. The Kier molecular flexibility index (Phi) is 10.0. The lowest BCUT2D eigenvalue weighted by Crippen LogP contribution is -2.46. The van der Waals surface area contributed by atoms with Gasteiger partial charge in [0.25, 0.3) is 0 Å². The molecule has 1 saturated heterocycles. The second-order valence-electron chi connectivity index (χ2n) is 4.81. The summed E-state index contributed by atoms with van der Waals surface area (Å²) in [5.74, 6) is 0.868. The molecule has 0 N–H and O–H groups in total. The standard InChI is InChI=1S/C12H26N2.C2H6/c1-4-13-8-10-14(11-9-13)7-5-6-12(2)3;1-2/h12H,4-11H2,1-3H3;1-2H3. The van der Waals surface area contributed by atoms with Crippen molar-refractivity contribution in [3.05, 3.63) is 0 Å². The largest absolute Gasteiger partial charge is 0.301 e. The molecule has 0 bridgehead atoms. The molecule has 1 aliphatic rings. The van der Waals surface area contributed by atoms with Crippen molar-refractivity contribution in [3.63, 3.8) is 0 Å². The first kappa shape index (κ1) is 15.9. The van der Waals surface area contributed by atoms with Crippen LogP contribution in [0.5, 0.6) is 0 Å². The van der Waals surface area contributed by atoms with Crippen molar-refractivity contribution in [2.24, 2.45) is 5.92 Å². The second-order valence-corrected chi connectivity index (χ2v) is 4.81. The SMILES string of the molecule is CC.CCN1CCN(CCCC(C)C)CC1. The highest BCUT2D eigenvalue weighted by molar-refractivity contribution is 4.70. The third kappa shape index (κ3) is 7.24. The van der Waals surface area contributed by atoms with Crippen molar-refractivity contribution in [2.45, 2.75) is 47.5 Å². The lowest BCUT2D eigenvalue weighted by atomic mass is 10.1. The van der Waals surface area contributed by atoms with E-state index in [0.29, 0.717) is 0 Å². The molecular formula is C14H32N2. The number of likely N-dealkylation sites (N-methyl/N-ethyl adjacent to an activating group) is 1. The Morgan fingerprint density at radius 1 is 0.938 bits per heavy atom. The molecule has 0 amide bonds. The molecule has 1 heterocycles. The van der Waals surface area contributed by atoms with E-state index in [2.05, 4.69) is 30.6 Å². The van der Waals surface area contributed by atoms with Crippen molar-refractivity contribution in [1.29, 1.82) is 0 Å². The molecule has 0 spiro atoms. The summed E-state index contributed by atoms with van der Waals surface area (Å²) in [7, 11) is 0. The van der Waals surface area contributed by atoms with Gasteiger partial charge in [-0.25, -0.2) is 0 Å². The van der Waals surface area contributed by atoms with Crippen LogP contribution in [0, 0.1) is 5.92 Å². The Bertz CT molecular complexity index is 138. The van der Waals surface area contributed by atoms with Gasteiger partial charge in [-0.1, -0.05) is 34.6 Å². The maximum Gasteiger partial charge on any atom is 0.0110 e. The highest BCUT2D eigenvalue weighted by atomic mass is 15.3. The van der Waals surface area contributed by atoms with E-state index in [4.69, 9.17) is 0 Å². The average Bonchev–Trinajstić information content (AvgIpc) is 2.32. The Morgan fingerprint density at radius 3 is 1.88 bits per heavy atom. The van der Waals surface area contributed by atoms with Crippen molar-refractivity contribution >= 4 is 0 Å². The highest BCUT2D eigenvalue weighted by Crippen LogP contribution is 2.07. The first-order valence-electron chi connectivity index (χ1n) is 7.17. The zero-order valence-electron chi connectivity index (χ0n) is 12.1. The number of rotatable bonds is 5. The molecule has 0 atom stereocenters. The van der Waals surface area contributed by atoms with Gasteiger partial charge in [0.05, 0.1) is 0 Å². The molecule has 0 saturated carbocycles. The summed E-state index contributed by atoms with van der Waals surface area (Å²) in [6.45, 7) is 18.5. The predicted octanol–water partition coefficient (Wildman–Crippen LogP) is 3.09. The molecule has 0 aliphatic carbocycles. The molecule has 0 aromatic rings. The van der Waals surface area contributed by atoms with Crippen molar-refractivity contribution in [1.82, 2.24) is 9.80 Å². The molecular weight excluding hydrogens is 196 g/mol. The lowest BCUT2D eigenvalue weighted by molar-refractivity contribution is 0.134. The molecule has 16 heavy (non-hydrogen) atoms. The highest BCUT2D eigenvalue weighted by Gasteiger charge is 2.14. The van der Waals surface area contributed by atoms with Crippen LogP contribution in [0.3, 0.4) is 0 Å². The Hall–Kier alpha value is -0.0800. The molecule has 0 radical (unpaired) electrons. The first-order valence-corrected chi connectivity index (χ1v) is 7.17. The molecule has 2 heteroatoms. The van der Waals surface area contributed by atoms with Crippen LogP contribution in [-0.2, 0) is 0 Å². The van der Waals surface area contributed by atoms with Gasteiger partial charge in [0, 0.05) is 26.2 Å². The van der Waals surface area contributed by atoms with Crippen LogP contribution in [0.1, 0.15) is 47.5 Å². The summed E-state index contributed by atoms with van der Waals surface area (Å²) >= 11 is 0. The van der Waals surface area contributed by atoms with Crippen LogP contribution >= 0.6 is 0 Å². The van der Waals surface area contributed by atoms with Gasteiger partial charge in [0.15, 0.2) is 0 Å². The molecule has 1 fully saturated rings. The molecule has 0 aromatic heterocycles. The Morgan fingerprint density at radius 2 is 1.44 bits per heavy atom. The van der Waals surface area contributed by atoms with Crippen LogP contribution < -0.4 is 0 Å². The van der Waals surface area contributed by atoms with E-state index in [1.54, 1.807) is 0 Å². The van der Waals surface area contributed by atoms with Gasteiger partial charge >= 0.3 is 0 Å². The quantitative estimate of drug-likeness (QED) is 0.713. The monoisotopic (exact) mass is 228 g/mol. The van der Waals surface area contributed by atoms with E-state index in [-0.39, 0.29) is 0 Å². The maximum absolute atomic E-state index is 2.62. The van der Waals surface area contributed by atoms with E-state index in [1.165, 1.54) is 52.1 Å². The Labute approximate surface area is 103 Å². The third-order valence-electron chi connectivity index (χ3n) is 3.17. The smallest absolute Gasteiger partial charge is 0.0110 e. The number of hydrogen-bond donors (Lipinski definition) is 0. The predicted molar refractivity (Wildman–Crippen MR) is 74.0 cm³/mol. The Balaban J connectivity index is 0.00000106.